The fourth-order valence-corrected chi connectivity index (χ4v) is 2.64. The van der Waals surface area contributed by atoms with Gasteiger partial charge in [0.15, 0.2) is 23.9 Å². The minimum Gasteiger partial charge on any atom is -0.490 e. The van der Waals surface area contributed by atoms with Crippen molar-refractivity contribution in [1.29, 1.82) is 0 Å². The second kappa shape index (κ2) is 10.3. The van der Waals surface area contributed by atoms with Crippen LogP contribution >= 0.6 is 0 Å². The van der Waals surface area contributed by atoms with Crippen molar-refractivity contribution in [2.24, 2.45) is 0 Å². The number of benzene rings is 2. The van der Waals surface area contributed by atoms with Gasteiger partial charge in [0.05, 0.1) is 19.3 Å². The summed E-state index contributed by atoms with van der Waals surface area (Å²) in [6, 6.07) is 12.1. The molecule has 1 amide bonds. The van der Waals surface area contributed by atoms with Gasteiger partial charge < -0.3 is 19.5 Å². The normalized spacial score (nSPS) is 11.4. The lowest BCUT2D eigenvalue weighted by molar-refractivity contribution is -0.123. The van der Waals surface area contributed by atoms with Crippen LogP contribution < -0.4 is 19.5 Å². The highest BCUT2D eigenvalue weighted by Crippen LogP contribution is 2.30. The molecule has 1 N–H and O–H groups in total. The number of ketones is 1. The first-order valence-corrected chi connectivity index (χ1v) is 9.37. The molecule has 1 unspecified atom stereocenters. The molecule has 0 saturated heterocycles. The number of amides is 1. The van der Waals surface area contributed by atoms with Crippen LogP contribution in [-0.4, -0.2) is 31.5 Å². The van der Waals surface area contributed by atoms with Crippen molar-refractivity contribution in [1.82, 2.24) is 5.32 Å². The maximum Gasteiger partial charge on any atom is 0.258 e. The van der Waals surface area contributed by atoms with E-state index < -0.39 is 0 Å². The Morgan fingerprint density at radius 2 is 1.57 bits per heavy atom. The van der Waals surface area contributed by atoms with Gasteiger partial charge in [-0.15, -0.1) is 0 Å². The van der Waals surface area contributed by atoms with Gasteiger partial charge in [-0.1, -0.05) is 6.07 Å². The van der Waals surface area contributed by atoms with Gasteiger partial charge in [-0.3, -0.25) is 9.59 Å². The third-order valence-corrected chi connectivity index (χ3v) is 4.08. The highest BCUT2D eigenvalue weighted by Gasteiger charge is 2.14. The fourth-order valence-electron chi connectivity index (χ4n) is 2.64. The Bertz CT molecular complexity index is 801. The maximum atomic E-state index is 12.2. The van der Waals surface area contributed by atoms with Gasteiger partial charge in [0.2, 0.25) is 0 Å². The molecule has 150 valence electrons. The molecule has 0 saturated carbocycles. The van der Waals surface area contributed by atoms with E-state index in [-0.39, 0.29) is 24.3 Å². The van der Waals surface area contributed by atoms with Gasteiger partial charge in [0.1, 0.15) is 5.75 Å². The molecule has 1 atom stereocenters. The average molecular weight is 385 g/mol. The molecule has 0 aliphatic heterocycles. The molecular formula is C22H27NO5. The van der Waals surface area contributed by atoms with Crippen LogP contribution in [0.5, 0.6) is 17.2 Å². The van der Waals surface area contributed by atoms with Crippen molar-refractivity contribution >= 4 is 11.7 Å². The Labute approximate surface area is 165 Å². The zero-order chi connectivity index (χ0) is 20.5. The minimum atomic E-state index is -0.241. The first-order valence-electron chi connectivity index (χ1n) is 9.37. The van der Waals surface area contributed by atoms with Crippen LogP contribution in [0.4, 0.5) is 0 Å². The van der Waals surface area contributed by atoms with E-state index in [2.05, 4.69) is 5.32 Å². The Balaban J connectivity index is 1.94. The van der Waals surface area contributed by atoms with Gasteiger partial charge >= 0.3 is 0 Å². The highest BCUT2D eigenvalue weighted by molar-refractivity contribution is 5.94. The van der Waals surface area contributed by atoms with Gasteiger partial charge in [0.25, 0.3) is 5.91 Å². The molecule has 0 bridgehead atoms. The second-order valence-corrected chi connectivity index (χ2v) is 6.23. The summed E-state index contributed by atoms with van der Waals surface area (Å²) in [5.41, 5.74) is 1.51. The average Bonchev–Trinajstić information content (AvgIpc) is 2.68. The number of hydrogen-bond acceptors (Lipinski definition) is 5. The molecule has 2 aromatic carbocycles. The van der Waals surface area contributed by atoms with Crippen molar-refractivity contribution in [3.05, 3.63) is 53.6 Å². The van der Waals surface area contributed by atoms with Crippen LogP contribution in [0.1, 0.15) is 49.7 Å². The largest absolute Gasteiger partial charge is 0.490 e. The number of ether oxygens (including phenoxy) is 3. The van der Waals surface area contributed by atoms with Crippen molar-refractivity contribution in [3.8, 4) is 17.2 Å². The molecule has 0 aliphatic rings. The highest BCUT2D eigenvalue weighted by atomic mass is 16.5. The molecule has 2 aromatic rings. The number of hydrogen-bond donors (Lipinski definition) is 1. The molecule has 6 nitrogen and oxygen atoms in total. The van der Waals surface area contributed by atoms with E-state index in [0.29, 0.717) is 36.0 Å². The smallest absolute Gasteiger partial charge is 0.258 e. The van der Waals surface area contributed by atoms with Crippen LogP contribution in [-0.2, 0) is 4.79 Å². The van der Waals surface area contributed by atoms with Gasteiger partial charge in [-0.25, -0.2) is 0 Å². The third-order valence-electron chi connectivity index (χ3n) is 4.08. The standard InChI is InChI=1S/C22H27NO5/c1-5-26-20-12-9-18(13-21(20)27-6-2)15(3)23-22(25)14-28-19-10-7-17(8-11-19)16(4)24/h7-13,15H,5-6,14H2,1-4H3,(H,23,25). The Morgan fingerprint density at radius 3 is 2.18 bits per heavy atom. The summed E-state index contributed by atoms with van der Waals surface area (Å²) < 4.78 is 16.7. The van der Waals surface area contributed by atoms with Crippen molar-refractivity contribution in [2.75, 3.05) is 19.8 Å². The minimum absolute atomic E-state index is 0.0140. The predicted molar refractivity (Wildman–Crippen MR) is 107 cm³/mol. The van der Waals surface area contributed by atoms with Crippen molar-refractivity contribution in [2.45, 2.75) is 33.7 Å². The van der Waals surface area contributed by atoms with E-state index >= 15 is 0 Å². The molecule has 0 heterocycles. The SMILES string of the molecule is CCOc1ccc(C(C)NC(=O)COc2ccc(C(C)=O)cc2)cc1OCC. The van der Waals surface area contributed by atoms with Crippen molar-refractivity contribution in [3.63, 3.8) is 0 Å². The molecular weight excluding hydrogens is 358 g/mol. The monoisotopic (exact) mass is 385 g/mol. The molecule has 0 fully saturated rings. The fraction of sp³-hybridized carbons (Fsp3) is 0.364. The molecule has 0 radical (unpaired) electrons. The quantitative estimate of drug-likeness (QED) is 0.627. The lowest BCUT2D eigenvalue weighted by atomic mass is 10.1. The molecule has 0 aromatic heterocycles. The number of carbonyl (C=O) groups is 2. The van der Waals surface area contributed by atoms with E-state index in [9.17, 15) is 9.59 Å². The zero-order valence-corrected chi connectivity index (χ0v) is 16.8. The van der Waals surface area contributed by atoms with Crippen LogP contribution in [0.2, 0.25) is 0 Å². The topological polar surface area (TPSA) is 73.9 Å². The lowest BCUT2D eigenvalue weighted by Crippen LogP contribution is -2.31. The zero-order valence-electron chi connectivity index (χ0n) is 16.8. The molecule has 2 rings (SSSR count). The summed E-state index contributed by atoms with van der Waals surface area (Å²) in [6.45, 7) is 8.19. The van der Waals surface area contributed by atoms with Gasteiger partial charge in [0, 0.05) is 5.56 Å². The van der Waals surface area contributed by atoms with E-state index in [1.165, 1.54) is 6.92 Å². The molecule has 0 aliphatic carbocycles. The van der Waals surface area contributed by atoms with E-state index in [0.717, 1.165) is 5.56 Å². The van der Waals surface area contributed by atoms with E-state index in [1.54, 1.807) is 24.3 Å². The second-order valence-electron chi connectivity index (χ2n) is 6.23. The summed E-state index contributed by atoms with van der Waals surface area (Å²) >= 11 is 0. The summed E-state index contributed by atoms with van der Waals surface area (Å²) in [4.78, 5) is 23.5. The van der Waals surface area contributed by atoms with E-state index in [4.69, 9.17) is 14.2 Å². The predicted octanol–water partition coefficient (Wildman–Crippen LogP) is 3.94. The summed E-state index contributed by atoms with van der Waals surface area (Å²) in [5.74, 6) is 1.62. The van der Waals surface area contributed by atoms with Crippen LogP contribution in [0, 0.1) is 0 Å². The lowest BCUT2D eigenvalue weighted by Gasteiger charge is -2.17. The molecule has 0 spiro atoms. The summed E-state index contributed by atoms with van der Waals surface area (Å²) in [6.07, 6.45) is 0. The van der Waals surface area contributed by atoms with Crippen LogP contribution in [0.15, 0.2) is 42.5 Å². The summed E-state index contributed by atoms with van der Waals surface area (Å²) in [5, 5.41) is 2.90. The number of Topliss-reactive ketones (excluding diaryl/α,β-unsaturated/α-hetero) is 1. The Kier molecular flexibility index (Phi) is 7.87. The van der Waals surface area contributed by atoms with Gasteiger partial charge in [-0.2, -0.15) is 0 Å². The van der Waals surface area contributed by atoms with Gasteiger partial charge in [-0.05, 0) is 69.7 Å². The van der Waals surface area contributed by atoms with Crippen LogP contribution in [0.3, 0.4) is 0 Å². The van der Waals surface area contributed by atoms with Crippen molar-refractivity contribution < 1.29 is 23.8 Å². The first kappa shape index (κ1) is 21.3. The molecule has 28 heavy (non-hydrogen) atoms. The van der Waals surface area contributed by atoms with Crippen LogP contribution in [0.25, 0.3) is 0 Å². The van der Waals surface area contributed by atoms with E-state index in [1.807, 2.05) is 39.0 Å². The molecule has 6 heteroatoms. The maximum absolute atomic E-state index is 12.2. The Morgan fingerprint density at radius 1 is 0.929 bits per heavy atom. The summed E-state index contributed by atoms with van der Waals surface area (Å²) in [7, 11) is 0. The first-order chi connectivity index (χ1) is 13.4. The number of carbonyl (C=O) groups excluding carboxylic acids is 2. The number of rotatable bonds is 10. The number of nitrogens with one attached hydrogen (secondary N) is 1. The third kappa shape index (κ3) is 6.01. The Hall–Kier alpha value is -3.02.